The van der Waals surface area contributed by atoms with E-state index in [1.54, 1.807) is 14.1 Å². The van der Waals surface area contributed by atoms with Gasteiger partial charge < -0.3 is 15.5 Å². The molecule has 1 saturated carbocycles. The highest BCUT2D eigenvalue weighted by atomic mass is 32.1. The zero-order valence-corrected chi connectivity index (χ0v) is 15.0. The minimum atomic E-state index is -4.44. The Morgan fingerprint density at radius 1 is 1.40 bits per heavy atom. The normalized spacial score (nSPS) is 16.1. The van der Waals surface area contributed by atoms with E-state index in [9.17, 15) is 18.0 Å². The van der Waals surface area contributed by atoms with Crippen molar-refractivity contribution in [2.75, 3.05) is 20.6 Å². The maximum atomic E-state index is 12.6. The number of amides is 1. The number of hydrogen-bond donors (Lipinski definition) is 2. The van der Waals surface area contributed by atoms with Crippen LogP contribution in [0.3, 0.4) is 0 Å². The number of guanidine groups is 1. The minimum absolute atomic E-state index is 0.0271. The number of thiazole rings is 1. The van der Waals surface area contributed by atoms with Crippen molar-refractivity contribution in [3.8, 4) is 0 Å². The van der Waals surface area contributed by atoms with Gasteiger partial charge in [-0.15, -0.1) is 11.3 Å². The third-order valence-electron chi connectivity index (χ3n) is 3.82. The summed E-state index contributed by atoms with van der Waals surface area (Å²) in [5.41, 5.74) is -0.890. The van der Waals surface area contributed by atoms with E-state index in [-0.39, 0.29) is 25.0 Å². The fourth-order valence-electron chi connectivity index (χ4n) is 2.39. The number of carbonyl (C=O) groups excluding carboxylic acids is 1. The summed E-state index contributed by atoms with van der Waals surface area (Å²) in [5.74, 6) is 0.270. The second-order valence-electron chi connectivity index (χ2n) is 6.06. The van der Waals surface area contributed by atoms with Crippen LogP contribution in [-0.4, -0.2) is 48.4 Å². The molecule has 0 aromatic carbocycles. The molecule has 0 radical (unpaired) electrons. The molecular formula is C15H22F3N5OS. The molecule has 25 heavy (non-hydrogen) atoms. The molecule has 6 nitrogen and oxygen atoms in total. The van der Waals surface area contributed by atoms with Gasteiger partial charge in [-0.1, -0.05) is 12.8 Å². The van der Waals surface area contributed by atoms with Crippen LogP contribution in [0, 0.1) is 0 Å². The first-order chi connectivity index (χ1) is 11.8. The van der Waals surface area contributed by atoms with Gasteiger partial charge in [0.05, 0.1) is 6.54 Å². The third kappa shape index (κ3) is 6.18. The van der Waals surface area contributed by atoms with Gasteiger partial charge in [0.15, 0.2) is 11.7 Å². The lowest BCUT2D eigenvalue weighted by atomic mass is 10.2. The van der Waals surface area contributed by atoms with E-state index in [1.165, 1.54) is 4.90 Å². The number of rotatable bonds is 5. The largest absolute Gasteiger partial charge is 0.434 e. The number of nitrogens with zero attached hydrogens (tertiary/aromatic N) is 3. The zero-order chi connectivity index (χ0) is 18.4. The molecule has 1 aromatic heterocycles. The van der Waals surface area contributed by atoms with Gasteiger partial charge in [-0.05, 0) is 12.8 Å². The van der Waals surface area contributed by atoms with Gasteiger partial charge in [0, 0.05) is 25.5 Å². The molecule has 0 aliphatic heterocycles. The quantitative estimate of drug-likeness (QED) is 0.610. The summed E-state index contributed by atoms with van der Waals surface area (Å²) in [5, 5.41) is 7.52. The van der Waals surface area contributed by atoms with Crippen molar-refractivity contribution in [1.29, 1.82) is 0 Å². The van der Waals surface area contributed by atoms with Gasteiger partial charge in [-0.2, -0.15) is 13.2 Å². The van der Waals surface area contributed by atoms with Crippen molar-refractivity contribution in [2.45, 2.75) is 44.4 Å². The molecule has 140 valence electrons. The van der Waals surface area contributed by atoms with E-state index in [4.69, 9.17) is 0 Å². The van der Waals surface area contributed by atoms with Crippen LogP contribution in [0.4, 0.5) is 13.2 Å². The molecule has 1 aliphatic rings. The standard InChI is InChI=1S/C15H22F3N5OS/c1-23(2)13(24)8-20-14(21-10-5-3-4-6-10)19-7-12-22-11(9-25-12)15(16,17)18/h9-10H,3-8H2,1-2H3,(H2,19,20,21). The van der Waals surface area contributed by atoms with Gasteiger partial charge in [0.2, 0.25) is 5.91 Å². The Balaban J connectivity index is 1.98. The Kier molecular flexibility index (Phi) is 6.63. The lowest BCUT2D eigenvalue weighted by Gasteiger charge is -2.17. The van der Waals surface area contributed by atoms with Crippen molar-refractivity contribution < 1.29 is 18.0 Å². The van der Waals surface area contributed by atoms with Gasteiger partial charge in [0.25, 0.3) is 0 Å². The Bertz CT molecular complexity index is 609. The van der Waals surface area contributed by atoms with Gasteiger partial charge >= 0.3 is 6.18 Å². The highest BCUT2D eigenvalue weighted by Crippen LogP contribution is 2.29. The maximum Gasteiger partial charge on any atom is 0.434 e. The van der Waals surface area contributed by atoms with E-state index >= 15 is 0 Å². The van der Waals surface area contributed by atoms with Crippen LogP contribution in [0.1, 0.15) is 36.4 Å². The molecule has 0 spiro atoms. The first-order valence-electron chi connectivity index (χ1n) is 8.02. The number of halogens is 3. The Labute approximate surface area is 148 Å². The lowest BCUT2D eigenvalue weighted by Crippen LogP contribution is -2.42. The Hall–Kier alpha value is -1.84. The Morgan fingerprint density at radius 2 is 2.08 bits per heavy atom. The van der Waals surface area contributed by atoms with Crippen LogP contribution in [-0.2, 0) is 17.5 Å². The summed E-state index contributed by atoms with van der Waals surface area (Å²) >= 11 is 0.939. The number of nitrogens with one attached hydrogen (secondary N) is 2. The molecule has 0 atom stereocenters. The van der Waals surface area contributed by atoms with E-state index in [2.05, 4.69) is 20.6 Å². The number of hydrogen-bond acceptors (Lipinski definition) is 4. The van der Waals surface area contributed by atoms with Crippen LogP contribution in [0.2, 0.25) is 0 Å². The summed E-state index contributed by atoms with van der Waals surface area (Å²) in [7, 11) is 3.28. The number of carbonyl (C=O) groups is 1. The molecule has 0 saturated heterocycles. The minimum Gasteiger partial charge on any atom is -0.354 e. The topological polar surface area (TPSA) is 69.6 Å². The van der Waals surface area contributed by atoms with Crippen LogP contribution >= 0.6 is 11.3 Å². The molecular weight excluding hydrogens is 355 g/mol. The average molecular weight is 377 g/mol. The van der Waals surface area contributed by atoms with Gasteiger partial charge in [-0.25, -0.2) is 9.98 Å². The van der Waals surface area contributed by atoms with Crippen molar-refractivity contribution in [1.82, 2.24) is 20.5 Å². The molecule has 2 rings (SSSR count). The van der Waals surface area contributed by atoms with Crippen LogP contribution in [0.15, 0.2) is 10.4 Å². The third-order valence-corrected chi connectivity index (χ3v) is 4.67. The van der Waals surface area contributed by atoms with Crippen LogP contribution in [0.5, 0.6) is 0 Å². The molecule has 1 aromatic rings. The smallest absolute Gasteiger partial charge is 0.354 e. The predicted octanol–water partition coefficient (Wildman–Crippen LogP) is 2.23. The molecule has 1 amide bonds. The first-order valence-corrected chi connectivity index (χ1v) is 8.90. The molecule has 0 bridgehead atoms. The van der Waals surface area contributed by atoms with Gasteiger partial charge in [-0.3, -0.25) is 4.79 Å². The Morgan fingerprint density at radius 3 is 2.64 bits per heavy atom. The van der Waals surface area contributed by atoms with E-state index < -0.39 is 11.9 Å². The number of alkyl halides is 3. The SMILES string of the molecule is CN(C)C(=O)CN=C(NCc1nc(C(F)(F)F)cs1)NC1CCCC1. The zero-order valence-electron chi connectivity index (χ0n) is 14.2. The summed E-state index contributed by atoms with van der Waals surface area (Å²) < 4.78 is 37.8. The summed E-state index contributed by atoms with van der Waals surface area (Å²) in [6.07, 6.45) is -0.159. The average Bonchev–Trinajstić information content (AvgIpc) is 3.20. The first kappa shape index (κ1) is 19.5. The summed E-state index contributed by atoms with van der Waals surface area (Å²) in [6.45, 7) is 0.0934. The van der Waals surface area contributed by atoms with Crippen molar-refractivity contribution in [3.05, 3.63) is 16.1 Å². The summed E-state index contributed by atoms with van der Waals surface area (Å²) in [6, 6.07) is 0.266. The van der Waals surface area contributed by atoms with Crippen LogP contribution in [0.25, 0.3) is 0 Å². The number of aliphatic imine (C=N–C) groups is 1. The van der Waals surface area contributed by atoms with Crippen LogP contribution < -0.4 is 10.6 Å². The second-order valence-corrected chi connectivity index (χ2v) is 7.00. The monoisotopic (exact) mass is 377 g/mol. The van der Waals surface area contributed by atoms with E-state index in [0.717, 1.165) is 42.4 Å². The molecule has 1 aliphatic carbocycles. The number of likely N-dealkylation sites (N-methyl/N-ethyl adjacent to an activating group) is 1. The fourth-order valence-corrected chi connectivity index (χ4v) is 3.13. The highest BCUT2D eigenvalue weighted by molar-refractivity contribution is 7.09. The highest BCUT2D eigenvalue weighted by Gasteiger charge is 2.33. The lowest BCUT2D eigenvalue weighted by molar-refractivity contribution is -0.140. The van der Waals surface area contributed by atoms with E-state index in [1.807, 2.05) is 0 Å². The second kappa shape index (κ2) is 8.50. The van der Waals surface area contributed by atoms with E-state index in [0.29, 0.717) is 11.0 Å². The molecule has 2 N–H and O–H groups in total. The van der Waals surface area contributed by atoms with Crippen molar-refractivity contribution in [2.24, 2.45) is 4.99 Å². The molecule has 0 unspecified atom stereocenters. The van der Waals surface area contributed by atoms with Crippen molar-refractivity contribution >= 4 is 23.2 Å². The molecule has 10 heteroatoms. The van der Waals surface area contributed by atoms with Crippen molar-refractivity contribution in [3.63, 3.8) is 0 Å². The molecule has 1 heterocycles. The fraction of sp³-hybridized carbons (Fsp3) is 0.667. The summed E-state index contributed by atoms with van der Waals surface area (Å²) in [4.78, 5) is 21.0. The van der Waals surface area contributed by atoms with Gasteiger partial charge in [0.1, 0.15) is 11.6 Å². The maximum absolute atomic E-state index is 12.6. The predicted molar refractivity (Wildman–Crippen MR) is 90.3 cm³/mol. The number of aromatic nitrogens is 1. The molecule has 1 fully saturated rings.